The Balaban J connectivity index is 1.71. The van der Waals surface area contributed by atoms with Gasteiger partial charge in [-0.15, -0.1) is 0 Å². The summed E-state index contributed by atoms with van der Waals surface area (Å²) in [6.07, 6.45) is 0. The highest BCUT2D eigenvalue weighted by Gasteiger charge is 2.25. The SMILES string of the molecule is COc1ccccc1C(=O)NCc1ccccc1CS(=O)(=O)N1CCOCC1. The lowest BCUT2D eigenvalue weighted by Crippen LogP contribution is -2.41. The Bertz CT molecular complexity index is 924. The predicted molar refractivity (Wildman–Crippen MR) is 106 cm³/mol. The van der Waals surface area contributed by atoms with E-state index in [1.807, 2.05) is 12.1 Å². The fourth-order valence-corrected chi connectivity index (χ4v) is 4.65. The van der Waals surface area contributed by atoms with Gasteiger partial charge in [0.1, 0.15) is 5.75 Å². The molecule has 7 nitrogen and oxygen atoms in total. The van der Waals surface area contributed by atoms with E-state index in [0.29, 0.717) is 43.2 Å². The van der Waals surface area contributed by atoms with Crippen LogP contribution >= 0.6 is 0 Å². The maximum atomic E-state index is 12.7. The molecule has 0 aromatic heterocycles. The van der Waals surface area contributed by atoms with Crippen molar-refractivity contribution in [3.63, 3.8) is 0 Å². The number of carbonyl (C=O) groups excluding carboxylic acids is 1. The van der Waals surface area contributed by atoms with Crippen molar-refractivity contribution in [1.82, 2.24) is 9.62 Å². The van der Waals surface area contributed by atoms with E-state index in [9.17, 15) is 13.2 Å². The maximum Gasteiger partial charge on any atom is 0.255 e. The number of carbonyl (C=O) groups is 1. The van der Waals surface area contributed by atoms with Gasteiger partial charge in [-0.25, -0.2) is 8.42 Å². The number of hydrogen-bond acceptors (Lipinski definition) is 5. The van der Waals surface area contributed by atoms with Crippen molar-refractivity contribution in [1.29, 1.82) is 0 Å². The highest BCUT2D eigenvalue weighted by molar-refractivity contribution is 7.88. The average Bonchev–Trinajstić information content (AvgIpc) is 2.73. The smallest absolute Gasteiger partial charge is 0.255 e. The zero-order chi connectivity index (χ0) is 20.0. The predicted octanol–water partition coefficient (Wildman–Crippen LogP) is 1.79. The molecule has 0 aliphatic carbocycles. The van der Waals surface area contributed by atoms with Crippen LogP contribution in [0.3, 0.4) is 0 Å². The second kappa shape index (κ2) is 9.18. The van der Waals surface area contributed by atoms with E-state index in [2.05, 4.69) is 5.32 Å². The van der Waals surface area contributed by atoms with Gasteiger partial charge in [0.05, 0.1) is 31.6 Å². The molecule has 3 rings (SSSR count). The number of morpholine rings is 1. The molecular formula is C20H24N2O5S. The molecule has 0 spiro atoms. The first-order chi connectivity index (χ1) is 13.5. The van der Waals surface area contributed by atoms with Crippen LogP contribution in [0.5, 0.6) is 5.75 Å². The fourth-order valence-electron chi connectivity index (χ4n) is 3.09. The topological polar surface area (TPSA) is 84.9 Å². The van der Waals surface area contributed by atoms with Crippen molar-refractivity contribution in [2.75, 3.05) is 33.4 Å². The van der Waals surface area contributed by atoms with Crippen molar-refractivity contribution in [2.45, 2.75) is 12.3 Å². The van der Waals surface area contributed by atoms with E-state index in [4.69, 9.17) is 9.47 Å². The minimum atomic E-state index is -3.44. The quantitative estimate of drug-likeness (QED) is 0.761. The summed E-state index contributed by atoms with van der Waals surface area (Å²) in [7, 11) is -1.93. The van der Waals surface area contributed by atoms with Crippen LogP contribution in [0.4, 0.5) is 0 Å². The zero-order valence-electron chi connectivity index (χ0n) is 15.8. The van der Waals surface area contributed by atoms with Gasteiger partial charge >= 0.3 is 0 Å². The van der Waals surface area contributed by atoms with E-state index in [1.165, 1.54) is 11.4 Å². The molecule has 2 aromatic rings. The highest BCUT2D eigenvalue weighted by Crippen LogP contribution is 2.19. The zero-order valence-corrected chi connectivity index (χ0v) is 16.6. The minimum absolute atomic E-state index is 0.103. The molecule has 0 saturated carbocycles. The van der Waals surface area contributed by atoms with Crippen LogP contribution < -0.4 is 10.1 Å². The fraction of sp³-hybridized carbons (Fsp3) is 0.350. The first kappa shape index (κ1) is 20.3. The third-order valence-electron chi connectivity index (χ3n) is 4.61. The van der Waals surface area contributed by atoms with Gasteiger partial charge in [-0.05, 0) is 23.3 Å². The lowest BCUT2D eigenvalue weighted by molar-refractivity contribution is 0.0729. The molecule has 0 atom stereocenters. The van der Waals surface area contributed by atoms with Crippen LogP contribution in [0.15, 0.2) is 48.5 Å². The number of amides is 1. The van der Waals surface area contributed by atoms with Crippen LogP contribution in [0, 0.1) is 0 Å². The van der Waals surface area contributed by atoms with Crippen molar-refractivity contribution in [2.24, 2.45) is 0 Å². The molecule has 0 bridgehead atoms. The number of para-hydroxylation sites is 1. The molecule has 1 N–H and O–H groups in total. The average molecular weight is 404 g/mol. The number of rotatable bonds is 7. The second-order valence-corrected chi connectivity index (χ2v) is 8.39. The second-order valence-electron chi connectivity index (χ2n) is 6.42. The highest BCUT2D eigenvalue weighted by atomic mass is 32.2. The standard InChI is InChI=1S/C20H24N2O5S/c1-26-19-9-5-4-8-18(19)20(23)21-14-16-6-2-3-7-17(16)15-28(24,25)22-10-12-27-13-11-22/h2-9H,10-15H2,1H3,(H,21,23). The Hall–Kier alpha value is -2.42. The molecule has 0 unspecified atom stereocenters. The molecule has 1 aliphatic rings. The van der Waals surface area contributed by atoms with Crippen LogP contribution in [-0.4, -0.2) is 52.0 Å². The number of nitrogens with zero attached hydrogens (tertiary/aromatic N) is 1. The number of benzene rings is 2. The van der Waals surface area contributed by atoms with E-state index in [0.717, 1.165) is 5.56 Å². The summed E-state index contributed by atoms with van der Waals surface area (Å²) >= 11 is 0. The molecule has 1 fully saturated rings. The first-order valence-electron chi connectivity index (χ1n) is 9.05. The van der Waals surface area contributed by atoms with Gasteiger partial charge in [0.2, 0.25) is 10.0 Å². The summed E-state index contributed by atoms with van der Waals surface area (Å²) in [4.78, 5) is 12.5. The number of hydrogen-bond donors (Lipinski definition) is 1. The van der Waals surface area contributed by atoms with Crippen molar-refractivity contribution in [3.05, 3.63) is 65.2 Å². The van der Waals surface area contributed by atoms with Gasteiger partial charge in [0.15, 0.2) is 0 Å². The Morgan fingerprint density at radius 1 is 1.07 bits per heavy atom. The van der Waals surface area contributed by atoms with E-state index < -0.39 is 10.0 Å². The Kier molecular flexibility index (Phi) is 6.66. The van der Waals surface area contributed by atoms with Gasteiger partial charge in [0, 0.05) is 19.6 Å². The van der Waals surface area contributed by atoms with Gasteiger partial charge in [-0.2, -0.15) is 4.31 Å². The van der Waals surface area contributed by atoms with E-state index in [-0.39, 0.29) is 18.2 Å². The molecule has 1 amide bonds. The van der Waals surface area contributed by atoms with Gasteiger partial charge in [-0.1, -0.05) is 36.4 Å². The summed E-state index contributed by atoms with van der Waals surface area (Å²) < 4.78 is 37.3. The number of methoxy groups -OCH3 is 1. The van der Waals surface area contributed by atoms with Gasteiger partial charge < -0.3 is 14.8 Å². The largest absolute Gasteiger partial charge is 0.496 e. The van der Waals surface area contributed by atoms with Crippen LogP contribution in [-0.2, 0) is 27.1 Å². The van der Waals surface area contributed by atoms with E-state index >= 15 is 0 Å². The van der Waals surface area contributed by atoms with Gasteiger partial charge in [-0.3, -0.25) is 4.79 Å². The summed E-state index contributed by atoms with van der Waals surface area (Å²) in [5.41, 5.74) is 1.88. The third kappa shape index (κ3) is 4.89. The van der Waals surface area contributed by atoms with E-state index in [1.54, 1.807) is 36.4 Å². The third-order valence-corrected chi connectivity index (χ3v) is 6.44. The lowest BCUT2D eigenvalue weighted by atomic mass is 10.1. The summed E-state index contributed by atoms with van der Waals surface area (Å²) in [5, 5.41) is 2.85. The van der Waals surface area contributed by atoms with Crippen LogP contribution in [0.2, 0.25) is 0 Å². The summed E-state index contributed by atoms with van der Waals surface area (Å²) in [5.74, 6) is 0.111. The molecule has 1 aliphatic heterocycles. The maximum absolute atomic E-state index is 12.7. The monoisotopic (exact) mass is 404 g/mol. The molecule has 0 radical (unpaired) electrons. The van der Waals surface area contributed by atoms with Gasteiger partial charge in [0.25, 0.3) is 5.91 Å². The molecule has 8 heteroatoms. The normalized spacial score (nSPS) is 15.2. The number of nitrogens with one attached hydrogen (secondary N) is 1. The number of sulfonamides is 1. The minimum Gasteiger partial charge on any atom is -0.496 e. The summed E-state index contributed by atoms with van der Waals surface area (Å²) in [6.45, 7) is 1.79. The summed E-state index contributed by atoms with van der Waals surface area (Å²) in [6, 6.07) is 14.2. The lowest BCUT2D eigenvalue weighted by Gasteiger charge is -2.26. The molecule has 1 heterocycles. The Labute approximate surface area is 165 Å². The van der Waals surface area contributed by atoms with Crippen molar-refractivity contribution >= 4 is 15.9 Å². The van der Waals surface area contributed by atoms with Crippen molar-refractivity contribution < 1.29 is 22.7 Å². The van der Waals surface area contributed by atoms with Crippen molar-refractivity contribution in [3.8, 4) is 5.75 Å². The molecule has 150 valence electrons. The van der Waals surface area contributed by atoms with Crippen LogP contribution in [0.1, 0.15) is 21.5 Å². The molecule has 28 heavy (non-hydrogen) atoms. The first-order valence-corrected chi connectivity index (χ1v) is 10.7. The molecular weight excluding hydrogens is 380 g/mol. The Morgan fingerprint density at radius 3 is 2.43 bits per heavy atom. The molecule has 2 aromatic carbocycles. The molecule has 1 saturated heterocycles. The number of ether oxygens (including phenoxy) is 2. The Morgan fingerprint density at radius 2 is 1.71 bits per heavy atom. The van der Waals surface area contributed by atoms with Crippen LogP contribution in [0.25, 0.3) is 0 Å².